The first-order valence-electron chi connectivity index (χ1n) is 5.81. The molecule has 0 amide bonds. The van der Waals surface area contributed by atoms with E-state index in [4.69, 9.17) is 0 Å². The molecule has 1 aromatic heterocycles. The van der Waals surface area contributed by atoms with E-state index in [1.165, 1.54) is 12.4 Å². The standard InChI is InChI=1S/C12H14F4N2/c1-11(2-4-12(15,16)5-3-11)8-6-17-10(9(13)14)18-7-8/h6-7,9H,2-5H2,1H3. The molecule has 0 bridgehead atoms. The summed E-state index contributed by atoms with van der Waals surface area (Å²) in [4.78, 5) is 7.17. The van der Waals surface area contributed by atoms with Crippen molar-refractivity contribution in [3.05, 3.63) is 23.8 Å². The van der Waals surface area contributed by atoms with Gasteiger partial charge in [0, 0.05) is 25.2 Å². The van der Waals surface area contributed by atoms with Gasteiger partial charge in [-0.15, -0.1) is 0 Å². The number of aromatic nitrogens is 2. The van der Waals surface area contributed by atoms with Crippen molar-refractivity contribution in [2.24, 2.45) is 0 Å². The fraction of sp³-hybridized carbons (Fsp3) is 0.667. The van der Waals surface area contributed by atoms with Gasteiger partial charge >= 0.3 is 0 Å². The second-order valence-electron chi connectivity index (χ2n) is 5.05. The third-order valence-corrected chi connectivity index (χ3v) is 3.65. The molecule has 1 fully saturated rings. The Bertz CT molecular complexity index is 407. The molecule has 18 heavy (non-hydrogen) atoms. The highest BCUT2D eigenvalue weighted by Gasteiger charge is 2.41. The van der Waals surface area contributed by atoms with Crippen LogP contribution in [0.5, 0.6) is 0 Å². The minimum Gasteiger partial charge on any atom is -0.236 e. The molecule has 6 heteroatoms. The smallest absolute Gasteiger partial charge is 0.236 e. The van der Waals surface area contributed by atoms with Gasteiger partial charge < -0.3 is 0 Å². The van der Waals surface area contributed by atoms with Crippen LogP contribution in [-0.2, 0) is 5.41 Å². The topological polar surface area (TPSA) is 25.8 Å². The molecule has 1 aliphatic rings. The van der Waals surface area contributed by atoms with E-state index < -0.39 is 23.6 Å². The van der Waals surface area contributed by atoms with E-state index in [2.05, 4.69) is 9.97 Å². The fourth-order valence-corrected chi connectivity index (χ4v) is 2.22. The molecule has 2 nitrogen and oxygen atoms in total. The number of nitrogens with zero attached hydrogens (tertiary/aromatic N) is 2. The van der Waals surface area contributed by atoms with Gasteiger partial charge in [-0.05, 0) is 23.8 Å². The quantitative estimate of drug-likeness (QED) is 0.756. The zero-order valence-electron chi connectivity index (χ0n) is 9.97. The Hall–Kier alpha value is -1.20. The van der Waals surface area contributed by atoms with Crippen LogP contribution < -0.4 is 0 Å². The number of hydrogen-bond donors (Lipinski definition) is 0. The Morgan fingerprint density at radius 1 is 1.06 bits per heavy atom. The molecule has 1 saturated carbocycles. The summed E-state index contributed by atoms with van der Waals surface area (Å²) >= 11 is 0. The third-order valence-electron chi connectivity index (χ3n) is 3.65. The molecule has 0 unspecified atom stereocenters. The molecular weight excluding hydrogens is 248 g/mol. The molecule has 100 valence electrons. The SMILES string of the molecule is CC1(c2cnc(C(F)F)nc2)CCC(F)(F)CC1. The van der Waals surface area contributed by atoms with Crippen LogP contribution >= 0.6 is 0 Å². The van der Waals surface area contributed by atoms with E-state index in [1.54, 1.807) is 0 Å². The summed E-state index contributed by atoms with van der Waals surface area (Å²) in [6, 6.07) is 0. The lowest BCUT2D eigenvalue weighted by molar-refractivity contribution is -0.0498. The van der Waals surface area contributed by atoms with Gasteiger partial charge in [-0.25, -0.2) is 27.5 Å². The maximum Gasteiger partial charge on any atom is 0.297 e. The zero-order chi connectivity index (χ0) is 13.4. The lowest BCUT2D eigenvalue weighted by atomic mass is 9.71. The molecule has 1 aromatic rings. The molecule has 0 atom stereocenters. The molecule has 0 radical (unpaired) electrons. The van der Waals surface area contributed by atoms with Crippen LogP contribution in [0.4, 0.5) is 17.6 Å². The highest BCUT2D eigenvalue weighted by atomic mass is 19.3. The summed E-state index contributed by atoms with van der Waals surface area (Å²) in [6.07, 6.45) is 0.229. The normalized spacial score (nSPS) is 22.1. The maximum absolute atomic E-state index is 13.1. The van der Waals surface area contributed by atoms with Gasteiger partial charge in [0.25, 0.3) is 6.43 Å². The average Bonchev–Trinajstić information content (AvgIpc) is 2.34. The molecule has 0 aromatic carbocycles. The minimum absolute atomic E-state index is 0.180. The van der Waals surface area contributed by atoms with E-state index >= 15 is 0 Å². The average molecular weight is 262 g/mol. The van der Waals surface area contributed by atoms with Crippen LogP contribution in [0.2, 0.25) is 0 Å². The lowest BCUT2D eigenvalue weighted by Crippen LogP contribution is -2.34. The molecule has 0 N–H and O–H groups in total. The van der Waals surface area contributed by atoms with Crippen LogP contribution in [0.25, 0.3) is 0 Å². The fourth-order valence-electron chi connectivity index (χ4n) is 2.22. The van der Waals surface area contributed by atoms with Gasteiger partial charge in [-0.1, -0.05) is 6.92 Å². The van der Waals surface area contributed by atoms with Gasteiger partial charge in [0.1, 0.15) is 0 Å². The summed E-state index contributed by atoms with van der Waals surface area (Å²) in [5, 5.41) is 0. The van der Waals surface area contributed by atoms with E-state index in [9.17, 15) is 17.6 Å². The van der Waals surface area contributed by atoms with Gasteiger partial charge in [-0.2, -0.15) is 0 Å². The van der Waals surface area contributed by atoms with Crippen molar-refractivity contribution in [1.82, 2.24) is 9.97 Å². The highest BCUT2D eigenvalue weighted by Crippen LogP contribution is 2.44. The van der Waals surface area contributed by atoms with Gasteiger partial charge in [0.15, 0.2) is 5.82 Å². The van der Waals surface area contributed by atoms with E-state index in [-0.39, 0.29) is 12.8 Å². The van der Waals surface area contributed by atoms with Crippen molar-refractivity contribution in [1.29, 1.82) is 0 Å². The monoisotopic (exact) mass is 262 g/mol. The van der Waals surface area contributed by atoms with Crippen LogP contribution in [0, 0.1) is 0 Å². The molecule has 0 aliphatic heterocycles. The van der Waals surface area contributed by atoms with Crippen LogP contribution in [0.1, 0.15) is 50.4 Å². The highest BCUT2D eigenvalue weighted by molar-refractivity contribution is 5.20. The second kappa shape index (κ2) is 4.48. The number of rotatable bonds is 2. The Labute approximate surface area is 102 Å². The van der Waals surface area contributed by atoms with E-state index in [0.717, 1.165) is 0 Å². The van der Waals surface area contributed by atoms with Gasteiger partial charge in [0.2, 0.25) is 5.92 Å². The second-order valence-corrected chi connectivity index (χ2v) is 5.05. The third kappa shape index (κ3) is 2.62. The summed E-state index contributed by atoms with van der Waals surface area (Å²) in [7, 11) is 0. The maximum atomic E-state index is 13.1. The van der Waals surface area contributed by atoms with Crippen molar-refractivity contribution in [2.75, 3.05) is 0 Å². The van der Waals surface area contributed by atoms with Crippen LogP contribution in [-0.4, -0.2) is 15.9 Å². The Morgan fingerprint density at radius 3 is 2.00 bits per heavy atom. The zero-order valence-corrected chi connectivity index (χ0v) is 9.97. The van der Waals surface area contributed by atoms with E-state index in [1.807, 2.05) is 6.92 Å². The predicted octanol–water partition coefficient (Wildman–Crippen LogP) is 3.88. The number of alkyl halides is 4. The number of hydrogen-bond acceptors (Lipinski definition) is 2. The first-order chi connectivity index (χ1) is 8.32. The predicted molar refractivity (Wildman–Crippen MR) is 57.8 cm³/mol. The lowest BCUT2D eigenvalue weighted by Gasteiger charge is -2.37. The first-order valence-corrected chi connectivity index (χ1v) is 5.81. The molecule has 2 rings (SSSR count). The van der Waals surface area contributed by atoms with Crippen LogP contribution in [0.15, 0.2) is 12.4 Å². The van der Waals surface area contributed by atoms with Crippen molar-refractivity contribution in [2.45, 2.75) is 50.4 Å². The summed E-state index contributed by atoms with van der Waals surface area (Å²) in [5.74, 6) is -3.13. The number of halogens is 4. The molecule has 0 saturated heterocycles. The first kappa shape index (κ1) is 13.2. The van der Waals surface area contributed by atoms with Gasteiger partial charge in [-0.3, -0.25) is 0 Å². The van der Waals surface area contributed by atoms with Crippen LogP contribution in [0.3, 0.4) is 0 Å². The summed E-state index contributed by atoms with van der Waals surface area (Å²) in [6.45, 7) is 1.85. The summed E-state index contributed by atoms with van der Waals surface area (Å²) in [5.41, 5.74) is 0.213. The Morgan fingerprint density at radius 2 is 1.56 bits per heavy atom. The Balaban J connectivity index is 2.16. The van der Waals surface area contributed by atoms with E-state index in [0.29, 0.717) is 18.4 Å². The van der Waals surface area contributed by atoms with Crippen molar-refractivity contribution in [3.63, 3.8) is 0 Å². The molecule has 1 aliphatic carbocycles. The minimum atomic E-state index is -2.71. The summed E-state index contributed by atoms with van der Waals surface area (Å²) < 4.78 is 50.8. The van der Waals surface area contributed by atoms with Crippen molar-refractivity contribution in [3.8, 4) is 0 Å². The van der Waals surface area contributed by atoms with Crippen molar-refractivity contribution >= 4 is 0 Å². The molecule has 0 spiro atoms. The van der Waals surface area contributed by atoms with Gasteiger partial charge in [0.05, 0.1) is 0 Å². The Kier molecular flexibility index (Phi) is 3.29. The van der Waals surface area contributed by atoms with Crippen molar-refractivity contribution < 1.29 is 17.6 Å². The molecule has 1 heterocycles. The largest absolute Gasteiger partial charge is 0.297 e. The molecular formula is C12H14F4N2.